The minimum absolute atomic E-state index is 0.0370. The highest BCUT2D eigenvalue weighted by atomic mass is 32.1. The third-order valence-electron chi connectivity index (χ3n) is 5.51. The summed E-state index contributed by atoms with van der Waals surface area (Å²) in [6.45, 7) is 6.34. The fourth-order valence-electron chi connectivity index (χ4n) is 3.95. The molecule has 1 atom stereocenters. The van der Waals surface area contributed by atoms with Gasteiger partial charge in [-0.15, -0.1) is 10.2 Å². The van der Waals surface area contributed by atoms with Gasteiger partial charge in [-0.25, -0.2) is 0 Å². The molecule has 0 N–H and O–H groups in total. The second kappa shape index (κ2) is 7.87. The SMILES string of the molecule is CCOc1ccc2c(=O)c3c(oc2c1)C(=O)N(c1nnc(CC)s1)C3c1ccc(C)cc1. The number of carbonyl (C=O) groups excluding carboxylic acids is 1. The molecule has 0 aliphatic carbocycles. The Kier molecular flexibility index (Phi) is 5.01. The average Bonchev–Trinajstić information content (AvgIpc) is 3.37. The summed E-state index contributed by atoms with van der Waals surface area (Å²) in [5.41, 5.74) is 2.32. The number of fused-ring (bicyclic) bond motifs is 2. The maximum absolute atomic E-state index is 13.6. The van der Waals surface area contributed by atoms with Crippen LogP contribution in [0.25, 0.3) is 11.0 Å². The summed E-state index contributed by atoms with van der Waals surface area (Å²) in [6, 6.07) is 12.2. The molecule has 2 aromatic heterocycles. The van der Waals surface area contributed by atoms with Gasteiger partial charge in [0.2, 0.25) is 10.9 Å². The maximum atomic E-state index is 13.6. The Morgan fingerprint density at radius 3 is 2.56 bits per heavy atom. The maximum Gasteiger partial charge on any atom is 0.297 e. The lowest BCUT2D eigenvalue weighted by atomic mass is 9.98. The monoisotopic (exact) mass is 447 g/mol. The first-order valence-electron chi connectivity index (χ1n) is 10.5. The van der Waals surface area contributed by atoms with E-state index in [-0.39, 0.29) is 11.2 Å². The summed E-state index contributed by atoms with van der Waals surface area (Å²) in [5, 5.41) is 10.1. The van der Waals surface area contributed by atoms with Crippen molar-refractivity contribution in [3.05, 3.63) is 80.1 Å². The number of benzene rings is 2. The van der Waals surface area contributed by atoms with Gasteiger partial charge in [-0.3, -0.25) is 14.5 Å². The van der Waals surface area contributed by atoms with Crippen molar-refractivity contribution in [1.29, 1.82) is 0 Å². The molecule has 4 aromatic rings. The van der Waals surface area contributed by atoms with Gasteiger partial charge in [0.15, 0.2) is 5.43 Å². The highest BCUT2D eigenvalue weighted by Crippen LogP contribution is 2.42. The summed E-state index contributed by atoms with van der Waals surface area (Å²) in [7, 11) is 0. The first-order chi connectivity index (χ1) is 15.5. The van der Waals surface area contributed by atoms with E-state index in [9.17, 15) is 9.59 Å². The number of ether oxygens (including phenoxy) is 1. The Balaban J connectivity index is 1.76. The van der Waals surface area contributed by atoms with E-state index in [1.54, 1.807) is 18.2 Å². The number of amides is 1. The van der Waals surface area contributed by atoms with Crippen LogP contribution in [0.4, 0.5) is 5.13 Å². The Bertz CT molecular complexity index is 1390. The van der Waals surface area contributed by atoms with Crippen molar-refractivity contribution in [3.63, 3.8) is 0 Å². The first-order valence-corrected chi connectivity index (χ1v) is 11.3. The van der Waals surface area contributed by atoms with Gasteiger partial charge < -0.3 is 9.15 Å². The van der Waals surface area contributed by atoms with Gasteiger partial charge in [-0.05, 0) is 38.0 Å². The molecular weight excluding hydrogens is 426 g/mol. The highest BCUT2D eigenvalue weighted by molar-refractivity contribution is 7.15. The first kappa shape index (κ1) is 20.4. The Morgan fingerprint density at radius 2 is 1.88 bits per heavy atom. The molecule has 0 saturated heterocycles. The van der Waals surface area contributed by atoms with Crippen molar-refractivity contribution in [1.82, 2.24) is 10.2 Å². The number of anilines is 1. The molecule has 0 saturated carbocycles. The topological polar surface area (TPSA) is 85.5 Å². The van der Waals surface area contributed by atoms with Crippen LogP contribution in [0.5, 0.6) is 5.75 Å². The minimum Gasteiger partial charge on any atom is -0.494 e. The van der Waals surface area contributed by atoms with Gasteiger partial charge in [0.25, 0.3) is 5.91 Å². The number of hydrogen-bond acceptors (Lipinski definition) is 7. The van der Waals surface area contributed by atoms with E-state index in [0.29, 0.717) is 40.4 Å². The van der Waals surface area contributed by atoms with Crippen LogP contribution in [0, 0.1) is 6.92 Å². The Morgan fingerprint density at radius 1 is 1.09 bits per heavy atom. The summed E-state index contributed by atoms with van der Waals surface area (Å²) in [5.74, 6) is 0.220. The van der Waals surface area contributed by atoms with E-state index in [0.717, 1.165) is 16.1 Å². The fraction of sp³-hybridized carbons (Fsp3) is 0.250. The molecule has 32 heavy (non-hydrogen) atoms. The number of carbonyl (C=O) groups is 1. The van der Waals surface area contributed by atoms with Crippen LogP contribution < -0.4 is 15.1 Å². The third kappa shape index (κ3) is 3.18. The van der Waals surface area contributed by atoms with Gasteiger partial charge in [0.1, 0.15) is 16.3 Å². The Labute approximate surface area is 188 Å². The lowest BCUT2D eigenvalue weighted by Crippen LogP contribution is -2.29. The number of hydrogen-bond donors (Lipinski definition) is 0. The fourth-order valence-corrected chi connectivity index (χ4v) is 4.76. The van der Waals surface area contributed by atoms with Crippen LogP contribution >= 0.6 is 11.3 Å². The van der Waals surface area contributed by atoms with E-state index >= 15 is 0 Å². The van der Waals surface area contributed by atoms with Crippen LogP contribution in [0.3, 0.4) is 0 Å². The molecule has 0 radical (unpaired) electrons. The molecule has 2 aromatic carbocycles. The number of aryl methyl sites for hydroxylation is 2. The molecule has 0 fully saturated rings. The summed E-state index contributed by atoms with van der Waals surface area (Å²) in [6.07, 6.45) is 0.711. The van der Waals surface area contributed by atoms with Crippen LogP contribution in [0.1, 0.15) is 52.1 Å². The number of rotatable bonds is 5. The second-order valence-electron chi connectivity index (χ2n) is 7.59. The average molecular weight is 448 g/mol. The predicted molar refractivity (Wildman–Crippen MR) is 123 cm³/mol. The molecule has 3 heterocycles. The van der Waals surface area contributed by atoms with Gasteiger partial charge in [-0.1, -0.05) is 48.1 Å². The molecular formula is C24H21N3O4S. The molecule has 0 spiro atoms. The van der Waals surface area contributed by atoms with E-state index in [4.69, 9.17) is 9.15 Å². The zero-order valence-corrected chi connectivity index (χ0v) is 18.7. The summed E-state index contributed by atoms with van der Waals surface area (Å²) >= 11 is 1.34. The molecule has 0 bridgehead atoms. The van der Waals surface area contributed by atoms with Gasteiger partial charge in [0, 0.05) is 6.07 Å². The zero-order valence-electron chi connectivity index (χ0n) is 17.9. The van der Waals surface area contributed by atoms with E-state index in [1.807, 2.05) is 45.0 Å². The zero-order chi connectivity index (χ0) is 22.4. The van der Waals surface area contributed by atoms with Crippen molar-refractivity contribution < 1.29 is 13.9 Å². The molecule has 1 unspecified atom stereocenters. The van der Waals surface area contributed by atoms with E-state index < -0.39 is 11.9 Å². The quantitative estimate of drug-likeness (QED) is 0.442. The molecule has 162 valence electrons. The van der Waals surface area contributed by atoms with Crippen LogP contribution in [0.15, 0.2) is 51.7 Å². The minimum atomic E-state index is -0.636. The van der Waals surface area contributed by atoms with Crippen molar-refractivity contribution in [2.45, 2.75) is 33.2 Å². The smallest absolute Gasteiger partial charge is 0.297 e. The number of aromatic nitrogens is 2. The van der Waals surface area contributed by atoms with Crippen molar-refractivity contribution in [2.75, 3.05) is 11.5 Å². The molecule has 5 rings (SSSR count). The van der Waals surface area contributed by atoms with Gasteiger partial charge in [0.05, 0.1) is 23.6 Å². The molecule has 1 amide bonds. The van der Waals surface area contributed by atoms with Crippen LogP contribution in [0.2, 0.25) is 0 Å². The molecule has 8 heteroatoms. The molecule has 7 nitrogen and oxygen atoms in total. The predicted octanol–water partition coefficient (Wildman–Crippen LogP) is 4.66. The molecule has 1 aliphatic heterocycles. The van der Waals surface area contributed by atoms with Crippen molar-refractivity contribution in [2.24, 2.45) is 0 Å². The van der Waals surface area contributed by atoms with E-state index in [2.05, 4.69) is 10.2 Å². The largest absolute Gasteiger partial charge is 0.494 e. The lowest BCUT2D eigenvalue weighted by Gasteiger charge is -2.22. The summed E-state index contributed by atoms with van der Waals surface area (Å²) in [4.78, 5) is 28.7. The molecule has 1 aliphatic rings. The third-order valence-corrected chi connectivity index (χ3v) is 6.58. The van der Waals surface area contributed by atoms with Gasteiger partial charge in [-0.2, -0.15) is 0 Å². The number of nitrogens with zero attached hydrogens (tertiary/aromatic N) is 3. The normalized spacial score (nSPS) is 15.4. The second-order valence-corrected chi connectivity index (χ2v) is 8.63. The Hall–Kier alpha value is -3.52. The van der Waals surface area contributed by atoms with Crippen LogP contribution in [-0.4, -0.2) is 22.7 Å². The summed E-state index contributed by atoms with van der Waals surface area (Å²) < 4.78 is 11.6. The highest BCUT2D eigenvalue weighted by Gasteiger charge is 2.45. The lowest BCUT2D eigenvalue weighted by molar-refractivity contribution is 0.0970. The van der Waals surface area contributed by atoms with Crippen LogP contribution in [-0.2, 0) is 6.42 Å². The van der Waals surface area contributed by atoms with Crippen molar-refractivity contribution in [3.8, 4) is 5.75 Å². The van der Waals surface area contributed by atoms with Crippen molar-refractivity contribution >= 4 is 33.3 Å². The van der Waals surface area contributed by atoms with E-state index in [1.165, 1.54) is 16.2 Å². The standard InChI is InChI=1S/C24H21N3O4S/c1-4-18-25-26-24(32-18)27-20(14-8-6-13(3)7-9-14)19-21(28)16-11-10-15(30-5-2)12-17(16)31-22(19)23(27)29/h6-12,20H,4-5H2,1-3H3. The van der Waals surface area contributed by atoms with Gasteiger partial charge >= 0.3 is 0 Å².